The summed E-state index contributed by atoms with van der Waals surface area (Å²) in [5, 5.41) is 1.76. The predicted octanol–water partition coefficient (Wildman–Crippen LogP) is 4.98. The predicted molar refractivity (Wildman–Crippen MR) is 105 cm³/mol. The SMILES string of the molecule is Cc1ccc(C2=C(Cl)C(=O)N(c3cccc4ccccc34)C2=O)cc1C. The summed E-state index contributed by atoms with van der Waals surface area (Å²) in [5.74, 6) is -0.874. The Bertz CT molecular complexity index is 1110. The molecule has 0 atom stereocenters. The van der Waals surface area contributed by atoms with Crippen LogP contribution in [0.3, 0.4) is 0 Å². The van der Waals surface area contributed by atoms with Gasteiger partial charge in [0.05, 0.1) is 11.3 Å². The van der Waals surface area contributed by atoms with Crippen LogP contribution in [-0.2, 0) is 9.59 Å². The third kappa shape index (κ3) is 2.44. The highest BCUT2D eigenvalue weighted by molar-refractivity contribution is 6.60. The lowest BCUT2D eigenvalue weighted by molar-refractivity contribution is -0.119. The zero-order chi connectivity index (χ0) is 18.4. The van der Waals surface area contributed by atoms with Gasteiger partial charge in [0, 0.05) is 5.39 Å². The van der Waals surface area contributed by atoms with E-state index in [1.54, 1.807) is 6.07 Å². The summed E-state index contributed by atoms with van der Waals surface area (Å²) in [7, 11) is 0. The maximum Gasteiger partial charge on any atom is 0.277 e. The van der Waals surface area contributed by atoms with Crippen molar-refractivity contribution in [2.75, 3.05) is 4.90 Å². The Morgan fingerprint density at radius 3 is 2.31 bits per heavy atom. The minimum Gasteiger partial charge on any atom is -0.268 e. The molecule has 3 aromatic rings. The number of fused-ring (bicyclic) bond motifs is 1. The summed E-state index contributed by atoms with van der Waals surface area (Å²) in [4.78, 5) is 27.1. The molecule has 128 valence electrons. The van der Waals surface area contributed by atoms with Gasteiger partial charge in [0.1, 0.15) is 5.03 Å². The average Bonchev–Trinajstić information content (AvgIpc) is 2.86. The van der Waals surface area contributed by atoms with Crippen LogP contribution in [0.1, 0.15) is 16.7 Å². The first-order valence-corrected chi connectivity index (χ1v) is 8.71. The van der Waals surface area contributed by atoms with Crippen molar-refractivity contribution < 1.29 is 9.59 Å². The molecule has 0 N–H and O–H groups in total. The number of aryl methyl sites for hydroxylation is 2. The highest BCUT2D eigenvalue weighted by Crippen LogP contribution is 2.38. The molecule has 26 heavy (non-hydrogen) atoms. The summed E-state index contributed by atoms with van der Waals surface area (Å²) >= 11 is 6.31. The van der Waals surface area contributed by atoms with Gasteiger partial charge in [-0.15, -0.1) is 0 Å². The van der Waals surface area contributed by atoms with Gasteiger partial charge in [-0.25, -0.2) is 4.90 Å². The lowest BCUT2D eigenvalue weighted by Gasteiger charge is -2.17. The summed E-state index contributed by atoms with van der Waals surface area (Å²) in [6, 6.07) is 18.9. The Morgan fingerprint density at radius 2 is 1.54 bits per heavy atom. The van der Waals surface area contributed by atoms with Gasteiger partial charge in [0.25, 0.3) is 11.8 Å². The molecule has 3 aromatic carbocycles. The number of rotatable bonds is 2. The quantitative estimate of drug-likeness (QED) is 0.604. The molecule has 2 amide bonds. The first kappa shape index (κ1) is 16.6. The Morgan fingerprint density at radius 1 is 0.808 bits per heavy atom. The second kappa shape index (κ2) is 6.11. The van der Waals surface area contributed by atoms with E-state index in [0.29, 0.717) is 11.3 Å². The molecule has 0 aromatic heterocycles. The van der Waals surface area contributed by atoms with Crippen molar-refractivity contribution in [1.82, 2.24) is 0 Å². The summed E-state index contributed by atoms with van der Waals surface area (Å²) in [6.45, 7) is 3.97. The molecule has 4 heteroatoms. The second-order valence-electron chi connectivity index (χ2n) is 6.43. The van der Waals surface area contributed by atoms with Gasteiger partial charge in [-0.2, -0.15) is 0 Å². The zero-order valence-corrected chi connectivity index (χ0v) is 15.2. The molecular weight excluding hydrogens is 346 g/mol. The van der Waals surface area contributed by atoms with E-state index in [9.17, 15) is 9.59 Å². The number of nitrogens with zero attached hydrogens (tertiary/aromatic N) is 1. The van der Waals surface area contributed by atoms with Crippen LogP contribution >= 0.6 is 11.6 Å². The van der Waals surface area contributed by atoms with Gasteiger partial charge >= 0.3 is 0 Å². The topological polar surface area (TPSA) is 37.4 Å². The van der Waals surface area contributed by atoms with Crippen LogP contribution < -0.4 is 4.90 Å². The molecule has 1 heterocycles. The summed E-state index contributed by atoms with van der Waals surface area (Å²) in [5.41, 5.74) is 3.64. The van der Waals surface area contributed by atoms with Crippen LogP contribution in [0.2, 0.25) is 0 Å². The summed E-state index contributed by atoms with van der Waals surface area (Å²) in [6.07, 6.45) is 0. The number of hydrogen-bond acceptors (Lipinski definition) is 2. The Hall–Kier alpha value is -2.91. The molecule has 3 nitrogen and oxygen atoms in total. The van der Waals surface area contributed by atoms with Gasteiger partial charge in [0.15, 0.2) is 0 Å². The first-order valence-electron chi connectivity index (χ1n) is 8.33. The van der Waals surface area contributed by atoms with Crippen LogP contribution in [0.5, 0.6) is 0 Å². The fourth-order valence-corrected chi connectivity index (χ4v) is 3.55. The lowest BCUT2D eigenvalue weighted by atomic mass is 10.0. The number of carbonyl (C=O) groups excluding carboxylic acids is 2. The molecule has 0 saturated carbocycles. The largest absolute Gasteiger partial charge is 0.277 e. The molecule has 0 bridgehead atoms. The number of benzene rings is 3. The molecule has 0 fully saturated rings. The molecule has 1 aliphatic rings. The van der Waals surface area contributed by atoms with Crippen LogP contribution in [0.15, 0.2) is 65.7 Å². The minimum atomic E-state index is -0.485. The molecule has 0 unspecified atom stereocenters. The minimum absolute atomic E-state index is 0.0359. The van der Waals surface area contributed by atoms with E-state index in [-0.39, 0.29) is 16.5 Å². The fourth-order valence-electron chi connectivity index (χ4n) is 3.27. The normalized spacial score (nSPS) is 14.7. The summed E-state index contributed by atoms with van der Waals surface area (Å²) < 4.78 is 0. The molecular formula is C22H16ClNO2. The molecule has 4 rings (SSSR count). The van der Waals surface area contributed by atoms with Gasteiger partial charge in [-0.1, -0.05) is 66.2 Å². The number of anilines is 1. The van der Waals surface area contributed by atoms with E-state index < -0.39 is 5.91 Å². The average molecular weight is 362 g/mol. The van der Waals surface area contributed by atoms with Crippen molar-refractivity contribution in [3.05, 3.63) is 82.4 Å². The van der Waals surface area contributed by atoms with Crippen LogP contribution in [0, 0.1) is 13.8 Å². The van der Waals surface area contributed by atoms with Crippen molar-refractivity contribution in [1.29, 1.82) is 0 Å². The van der Waals surface area contributed by atoms with E-state index in [1.807, 2.05) is 68.4 Å². The van der Waals surface area contributed by atoms with Crippen molar-refractivity contribution in [3.63, 3.8) is 0 Å². The highest BCUT2D eigenvalue weighted by atomic mass is 35.5. The van der Waals surface area contributed by atoms with Crippen LogP contribution in [0.25, 0.3) is 16.3 Å². The van der Waals surface area contributed by atoms with E-state index in [4.69, 9.17) is 11.6 Å². The van der Waals surface area contributed by atoms with Crippen molar-refractivity contribution in [2.24, 2.45) is 0 Å². The lowest BCUT2D eigenvalue weighted by Crippen LogP contribution is -2.31. The maximum atomic E-state index is 13.1. The molecule has 1 aliphatic heterocycles. The Kier molecular flexibility index (Phi) is 3.89. The first-order chi connectivity index (χ1) is 12.5. The zero-order valence-electron chi connectivity index (χ0n) is 14.4. The molecule has 0 radical (unpaired) electrons. The number of carbonyl (C=O) groups is 2. The fraction of sp³-hybridized carbons (Fsp3) is 0.0909. The third-order valence-electron chi connectivity index (χ3n) is 4.83. The smallest absolute Gasteiger partial charge is 0.268 e. The van der Waals surface area contributed by atoms with E-state index in [0.717, 1.165) is 21.9 Å². The van der Waals surface area contributed by atoms with Gasteiger partial charge in [-0.3, -0.25) is 9.59 Å². The van der Waals surface area contributed by atoms with Gasteiger partial charge in [0.2, 0.25) is 0 Å². The standard InChI is InChI=1S/C22H16ClNO2/c1-13-10-11-16(12-14(13)2)19-20(23)22(26)24(21(19)25)18-9-5-7-15-6-3-4-8-17(15)18/h3-12H,1-2H3. The third-order valence-corrected chi connectivity index (χ3v) is 5.18. The number of halogens is 1. The van der Waals surface area contributed by atoms with Gasteiger partial charge < -0.3 is 0 Å². The Balaban J connectivity index is 1.85. The number of amides is 2. The van der Waals surface area contributed by atoms with Crippen LogP contribution in [0.4, 0.5) is 5.69 Å². The highest BCUT2D eigenvalue weighted by Gasteiger charge is 2.39. The molecule has 0 spiro atoms. The second-order valence-corrected chi connectivity index (χ2v) is 6.81. The van der Waals surface area contributed by atoms with Crippen molar-refractivity contribution in [2.45, 2.75) is 13.8 Å². The van der Waals surface area contributed by atoms with Gasteiger partial charge in [-0.05, 0) is 42.0 Å². The molecule has 0 saturated heterocycles. The number of hydrogen-bond donors (Lipinski definition) is 0. The maximum absolute atomic E-state index is 13.1. The number of imide groups is 1. The van der Waals surface area contributed by atoms with E-state index >= 15 is 0 Å². The molecule has 0 aliphatic carbocycles. The van der Waals surface area contributed by atoms with E-state index in [1.165, 1.54) is 4.90 Å². The Labute approximate surface area is 156 Å². The van der Waals surface area contributed by atoms with Crippen molar-refractivity contribution in [3.8, 4) is 0 Å². The van der Waals surface area contributed by atoms with Crippen LogP contribution in [-0.4, -0.2) is 11.8 Å². The van der Waals surface area contributed by atoms with E-state index in [2.05, 4.69) is 0 Å². The van der Waals surface area contributed by atoms with Crippen molar-refractivity contribution >= 4 is 45.4 Å². The monoisotopic (exact) mass is 361 g/mol.